The number of allylic oxidation sites excluding steroid dienone is 4. The Morgan fingerprint density at radius 2 is 2.00 bits per heavy atom. The minimum Gasteiger partial charge on any atom is -0.481 e. The van der Waals surface area contributed by atoms with Crippen molar-refractivity contribution in [1.82, 2.24) is 15.6 Å². The predicted molar refractivity (Wildman–Crippen MR) is 171 cm³/mol. The van der Waals surface area contributed by atoms with Crippen molar-refractivity contribution in [2.24, 2.45) is 10.9 Å². The first kappa shape index (κ1) is 32.8. The average molecular weight is 633 g/mol. The van der Waals surface area contributed by atoms with Crippen molar-refractivity contribution in [2.75, 3.05) is 26.7 Å². The molecule has 242 valence electrons. The smallest absolute Gasteiger partial charge is 0.387 e. The van der Waals surface area contributed by atoms with E-state index < -0.39 is 30.5 Å². The summed E-state index contributed by atoms with van der Waals surface area (Å²) in [6, 6.07) is 17.3. The Morgan fingerprint density at radius 3 is 2.70 bits per heavy atom. The first-order valence-corrected chi connectivity index (χ1v) is 15.1. The van der Waals surface area contributed by atoms with Crippen LogP contribution in [-0.2, 0) is 16.8 Å². The Kier molecular flexibility index (Phi) is 10.1. The average Bonchev–Trinajstić information content (AvgIpc) is 3.56. The van der Waals surface area contributed by atoms with Gasteiger partial charge >= 0.3 is 12.6 Å². The molecule has 46 heavy (non-hydrogen) atoms. The molecule has 0 spiro atoms. The number of carboxylic acids is 1. The van der Waals surface area contributed by atoms with Gasteiger partial charge in [0.25, 0.3) is 0 Å². The molecule has 2 aliphatic rings. The summed E-state index contributed by atoms with van der Waals surface area (Å²) in [4.78, 5) is 20.5. The molecule has 5 rings (SSSR count). The first-order valence-electron chi connectivity index (χ1n) is 15.1. The van der Waals surface area contributed by atoms with E-state index in [2.05, 4.69) is 47.7 Å². The molecule has 11 heteroatoms. The van der Waals surface area contributed by atoms with Crippen LogP contribution in [0.15, 0.2) is 77.8 Å². The number of pyridine rings is 1. The van der Waals surface area contributed by atoms with Gasteiger partial charge < -0.3 is 30.3 Å². The summed E-state index contributed by atoms with van der Waals surface area (Å²) >= 11 is 0. The van der Waals surface area contributed by atoms with Gasteiger partial charge in [-0.05, 0) is 47.4 Å². The van der Waals surface area contributed by atoms with E-state index in [4.69, 9.17) is 19.6 Å². The van der Waals surface area contributed by atoms with Gasteiger partial charge in [-0.25, -0.2) is 4.98 Å². The van der Waals surface area contributed by atoms with Gasteiger partial charge in [-0.15, -0.1) is 0 Å². The number of aliphatic imine (C=N–C) groups is 1. The summed E-state index contributed by atoms with van der Waals surface area (Å²) in [6.07, 6.45) is 4.54. The van der Waals surface area contributed by atoms with Gasteiger partial charge in [0.1, 0.15) is 11.6 Å². The Hall–Kier alpha value is -4.61. The summed E-state index contributed by atoms with van der Waals surface area (Å²) < 4.78 is 37.8. The van der Waals surface area contributed by atoms with Crippen LogP contribution in [0.3, 0.4) is 0 Å². The van der Waals surface area contributed by atoms with E-state index in [0.29, 0.717) is 23.6 Å². The van der Waals surface area contributed by atoms with Crippen LogP contribution in [0, 0.1) is 12.8 Å². The third kappa shape index (κ3) is 6.80. The van der Waals surface area contributed by atoms with Crippen LogP contribution in [-0.4, -0.2) is 66.5 Å². The van der Waals surface area contributed by atoms with Gasteiger partial charge in [-0.2, -0.15) is 8.78 Å². The number of methoxy groups -OCH3 is 1. The largest absolute Gasteiger partial charge is 0.481 e. The number of benzene rings is 2. The van der Waals surface area contributed by atoms with Crippen LogP contribution < -0.4 is 20.1 Å². The van der Waals surface area contributed by atoms with Gasteiger partial charge in [0.05, 0.1) is 42.9 Å². The molecule has 0 radical (unpaired) electrons. The van der Waals surface area contributed by atoms with Gasteiger partial charge in [-0.1, -0.05) is 61.5 Å². The monoisotopic (exact) mass is 632 g/mol. The molecule has 2 aromatic carbocycles. The predicted octanol–water partition coefficient (Wildman–Crippen LogP) is 4.85. The van der Waals surface area contributed by atoms with E-state index in [1.54, 1.807) is 19.2 Å². The number of ether oxygens (including phenoxy) is 2. The van der Waals surface area contributed by atoms with Crippen molar-refractivity contribution in [3.63, 3.8) is 0 Å². The van der Waals surface area contributed by atoms with Crippen molar-refractivity contribution >= 4 is 17.4 Å². The lowest BCUT2D eigenvalue weighted by Gasteiger charge is -2.41. The van der Waals surface area contributed by atoms with Gasteiger partial charge in [-0.3, -0.25) is 9.79 Å². The summed E-state index contributed by atoms with van der Waals surface area (Å²) in [7, 11) is 1.59. The van der Waals surface area contributed by atoms with Gasteiger partial charge in [0.2, 0.25) is 5.88 Å². The molecule has 0 bridgehead atoms. The Morgan fingerprint density at radius 1 is 1.20 bits per heavy atom. The second kappa shape index (κ2) is 14.2. The number of carboxylic acid groups (broad SMARTS) is 1. The van der Waals surface area contributed by atoms with E-state index in [1.807, 2.05) is 42.5 Å². The minimum atomic E-state index is -3.05. The number of aliphatic hydroxyl groups excluding tert-OH is 1. The number of aromatic nitrogens is 1. The minimum absolute atomic E-state index is 0.00847. The standard InChI is InChI=1S/C35H38F2N4O5/c1-21-7-4-5-9-28(21)35(30-13-12-27(33(41-30)45-3)32-39-15-16-40-32)14-6-8-26(22(35)2)23-10-11-24(29(17-23)46-34(36)37)19-38-20-25(42)18-31(43)44/h4-14,17,22,25,34,38,42H,15-16,18-20H2,1-3H3,(H,39,40)(H,43,44)/t22?,25-,35?/m0/s1. The van der Waals surface area contributed by atoms with E-state index >= 15 is 0 Å². The maximum Gasteiger partial charge on any atom is 0.387 e. The summed E-state index contributed by atoms with van der Waals surface area (Å²) in [5.74, 6) is -0.153. The highest BCUT2D eigenvalue weighted by atomic mass is 19.3. The number of rotatable bonds is 13. The molecule has 9 nitrogen and oxygen atoms in total. The number of hydrogen-bond acceptors (Lipinski definition) is 8. The lowest BCUT2D eigenvalue weighted by Crippen LogP contribution is -2.37. The highest BCUT2D eigenvalue weighted by molar-refractivity contribution is 6.01. The van der Waals surface area contributed by atoms with Crippen molar-refractivity contribution in [2.45, 2.75) is 44.9 Å². The third-order valence-electron chi connectivity index (χ3n) is 8.50. The van der Waals surface area contributed by atoms with E-state index in [9.17, 15) is 18.7 Å². The van der Waals surface area contributed by atoms with E-state index in [-0.39, 0.29) is 24.8 Å². The lowest BCUT2D eigenvalue weighted by atomic mass is 9.62. The quantitative estimate of drug-likeness (QED) is 0.211. The van der Waals surface area contributed by atoms with E-state index in [0.717, 1.165) is 40.3 Å². The number of aliphatic carboxylic acids is 1. The molecular formula is C35H38F2N4O5. The van der Waals surface area contributed by atoms with Crippen molar-refractivity contribution in [1.29, 1.82) is 0 Å². The summed E-state index contributed by atoms with van der Waals surface area (Å²) in [5, 5.41) is 25.0. The number of halogens is 2. The Balaban J connectivity index is 1.54. The highest BCUT2D eigenvalue weighted by Crippen LogP contribution is 2.50. The molecular weight excluding hydrogens is 594 g/mol. The lowest BCUT2D eigenvalue weighted by molar-refractivity contribution is -0.139. The van der Waals surface area contributed by atoms with Crippen molar-refractivity contribution in [3.8, 4) is 11.6 Å². The molecule has 2 heterocycles. The zero-order chi connectivity index (χ0) is 32.8. The number of nitrogens with zero attached hydrogens (tertiary/aromatic N) is 2. The molecule has 4 N–H and O–H groups in total. The molecule has 3 aromatic rings. The zero-order valence-corrected chi connectivity index (χ0v) is 26.0. The summed E-state index contributed by atoms with van der Waals surface area (Å²) in [6.45, 7) is 2.61. The molecule has 1 aliphatic heterocycles. The van der Waals surface area contributed by atoms with Crippen molar-refractivity contribution in [3.05, 3.63) is 106 Å². The topological polar surface area (TPSA) is 125 Å². The number of aliphatic hydroxyl groups is 1. The number of hydrogen-bond donors (Lipinski definition) is 4. The molecule has 2 unspecified atom stereocenters. The van der Waals surface area contributed by atoms with Crippen LogP contribution in [0.4, 0.5) is 8.78 Å². The summed E-state index contributed by atoms with van der Waals surface area (Å²) in [5.41, 5.74) is 4.97. The number of alkyl halides is 2. The Labute approximate surface area is 266 Å². The fourth-order valence-electron chi connectivity index (χ4n) is 6.31. The molecule has 0 fully saturated rings. The fourth-order valence-corrected chi connectivity index (χ4v) is 6.31. The molecule has 1 aromatic heterocycles. The maximum atomic E-state index is 13.6. The van der Waals surface area contributed by atoms with Gasteiger partial charge in [0, 0.05) is 31.1 Å². The molecule has 0 saturated carbocycles. The highest BCUT2D eigenvalue weighted by Gasteiger charge is 2.43. The van der Waals surface area contributed by atoms with Crippen LogP contribution in [0.25, 0.3) is 5.57 Å². The second-order valence-electron chi connectivity index (χ2n) is 11.4. The van der Waals surface area contributed by atoms with Crippen molar-refractivity contribution < 1.29 is 33.3 Å². The number of carbonyl (C=O) groups is 1. The van der Waals surface area contributed by atoms with E-state index in [1.165, 1.54) is 0 Å². The number of amidine groups is 1. The van der Waals surface area contributed by atoms with Crippen LogP contribution >= 0.6 is 0 Å². The van der Waals surface area contributed by atoms with Crippen LogP contribution in [0.1, 0.15) is 46.9 Å². The van der Waals surface area contributed by atoms with Crippen LogP contribution in [0.5, 0.6) is 11.6 Å². The zero-order valence-electron chi connectivity index (χ0n) is 26.0. The van der Waals surface area contributed by atoms with Crippen LogP contribution in [0.2, 0.25) is 0 Å². The Bertz CT molecular complexity index is 1670. The number of nitrogens with one attached hydrogen (secondary N) is 2. The number of aryl methyl sites for hydroxylation is 1. The SMILES string of the molecule is COc1nc(C2(c3ccccc3C)C=CC=C(c3ccc(CNC[C@@H](O)CC(=O)O)c(OC(F)F)c3)C2C)ccc1C1=NCCN1. The second-order valence-corrected chi connectivity index (χ2v) is 11.4. The molecule has 0 amide bonds. The van der Waals surface area contributed by atoms with Gasteiger partial charge in [0.15, 0.2) is 0 Å². The maximum absolute atomic E-state index is 13.6. The molecule has 1 aliphatic carbocycles. The first-order chi connectivity index (χ1) is 22.1. The molecule has 3 atom stereocenters. The third-order valence-corrected chi connectivity index (χ3v) is 8.50. The fraction of sp³-hybridized carbons (Fsp3) is 0.343. The normalized spacial score (nSPS) is 19.8. The molecule has 0 saturated heterocycles.